The van der Waals surface area contributed by atoms with Gasteiger partial charge in [0.2, 0.25) is 0 Å². The summed E-state index contributed by atoms with van der Waals surface area (Å²) in [5.41, 5.74) is 1.43. The molecule has 1 unspecified atom stereocenters. The number of nitrogens with one attached hydrogen (secondary N) is 1. The average molecular weight is 450 g/mol. The summed E-state index contributed by atoms with van der Waals surface area (Å²) in [6.45, 7) is 7.09. The van der Waals surface area contributed by atoms with E-state index in [2.05, 4.69) is 75.5 Å². The van der Waals surface area contributed by atoms with Crippen LogP contribution in [0.3, 0.4) is 0 Å². The Morgan fingerprint density at radius 1 is 1.35 bits per heavy atom. The number of hydrogen-bond acceptors (Lipinski definition) is 1. The highest BCUT2D eigenvalue weighted by atomic mass is 127. The number of allylic oxidation sites excluding steroid dienone is 1. The van der Waals surface area contributed by atoms with Crippen molar-refractivity contribution in [3.63, 3.8) is 0 Å². The van der Waals surface area contributed by atoms with Crippen LogP contribution < -0.4 is 5.32 Å². The highest BCUT2D eigenvalue weighted by Crippen LogP contribution is 2.27. The van der Waals surface area contributed by atoms with Crippen LogP contribution in [0, 0.1) is 3.57 Å². The van der Waals surface area contributed by atoms with Crippen molar-refractivity contribution in [2.24, 2.45) is 0 Å². The van der Waals surface area contributed by atoms with Gasteiger partial charge in [-0.2, -0.15) is 0 Å². The van der Waals surface area contributed by atoms with Crippen LogP contribution >= 0.6 is 38.5 Å². The summed E-state index contributed by atoms with van der Waals surface area (Å²) in [5, 5.41) is 3.70. The molecule has 0 bridgehead atoms. The number of unbranched alkanes of at least 4 members (excludes halogenated alkanes) is 3. The van der Waals surface area contributed by atoms with E-state index in [4.69, 9.17) is 0 Å². The minimum absolute atomic E-state index is 0.475. The molecule has 0 aliphatic carbocycles. The molecule has 1 aromatic rings. The van der Waals surface area contributed by atoms with Crippen LogP contribution in [0.15, 0.2) is 35.3 Å². The lowest BCUT2D eigenvalue weighted by Crippen LogP contribution is -2.23. The molecule has 112 valence electrons. The molecule has 3 heteroatoms. The summed E-state index contributed by atoms with van der Waals surface area (Å²) >= 11 is 6.04. The molecule has 0 spiro atoms. The Balaban J connectivity index is 2.62. The van der Waals surface area contributed by atoms with Crippen LogP contribution in [0.25, 0.3) is 0 Å². The Bertz CT molecular complexity index is 406. The van der Waals surface area contributed by atoms with Gasteiger partial charge in [-0.25, -0.2) is 0 Å². The smallest absolute Gasteiger partial charge is 0.0331 e. The van der Waals surface area contributed by atoms with E-state index in [-0.39, 0.29) is 0 Å². The SMILES string of the molecule is C=CCCCCCC(NCCC)c1cc(Br)ccc1I. The first-order chi connectivity index (χ1) is 9.69. The molecule has 0 radical (unpaired) electrons. The fourth-order valence-electron chi connectivity index (χ4n) is 2.28. The van der Waals surface area contributed by atoms with E-state index < -0.39 is 0 Å². The van der Waals surface area contributed by atoms with Crippen LogP contribution in [0.5, 0.6) is 0 Å². The van der Waals surface area contributed by atoms with Crippen molar-refractivity contribution in [3.8, 4) is 0 Å². The summed E-state index contributed by atoms with van der Waals surface area (Å²) in [4.78, 5) is 0. The van der Waals surface area contributed by atoms with Gasteiger partial charge in [0.1, 0.15) is 0 Å². The van der Waals surface area contributed by atoms with Crippen molar-refractivity contribution in [1.82, 2.24) is 5.32 Å². The van der Waals surface area contributed by atoms with Crippen molar-refractivity contribution in [2.45, 2.75) is 51.5 Å². The zero-order valence-corrected chi connectivity index (χ0v) is 16.0. The maximum atomic E-state index is 3.78. The minimum Gasteiger partial charge on any atom is -0.310 e. The minimum atomic E-state index is 0.475. The third-order valence-electron chi connectivity index (χ3n) is 3.38. The Morgan fingerprint density at radius 2 is 2.15 bits per heavy atom. The fourth-order valence-corrected chi connectivity index (χ4v) is 3.37. The number of hydrogen-bond donors (Lipinski definition) is 1. The monoisotopic (exact) mass is 449 g/mol. The lowest BCUT2D eigenvalue weighted by Gasteiger charge is -2.20. The highest BCUT2D eigenvalue weighted by Gasteiger charge is 2.13. The molecule has 1 rings (SSSR count). The van der Waals surface area contributed by atoms with Crippen molar-refractivity contribution in [2.75, 3.05) is 6.54 Å². The fraction of sp³-hybridized carbons (Fsp3) is 0.529. The molecule has 1 atom stereocenters. The molecule has 0 saturated heterocycles. The molecule has 0 aliphatic rings. The van der Waals surface area contributed by atoms with E-state index >= 15 is 0 Å². The van der Waals surface area contributed by atoms with Gasteiger partial charge in [0.25, 0.3) is 0 Å². The Hall–Kier alpha value is 0.130. The third-order valence-corrected chi connectivity index (χ3v) is 4.85. The van der Waals surface area contributed by atoms with Gasteiger partial charge in [-0.05, 0) is 78.6 Å². The van der Waals surface area contributed by atoms with Gasteiger partial charge in [-0.1, -0.05) is 41.8 Å². The van der Waals surface area contributed by atoms with E-state index in [1.165, 1.54) is 45.7 Å². The first kappa shape index (κ1) is 18.2. The number of rotatable bonds is 10. The van der Waals surface area contributed by atoms with Gasteiger partial charge in [0.05, 0.1) is 0 Å². The topological polar surface area (TPSA) is 12.0 Å². The van der Waals surface area contributed by atoms with E-state index in [0.29, 0.717) is 6.04 Å². The maximum Gasteiger partial charge on any atom is 0.0331 e. The van der Waals surface area contributed by atoms with Crippen molar-refractivity contribution < 1.29 is 0 Å². The van der Waals surface area contributed by atoms with Crippen LogP contribution in [-0.4, -0.2) is 6.54 Å². The predicted molar refractivity (Wildman–Crippen MR) is 101 cm³/mol. The van der Waals surface area contributed by atoms with Gasteiger partial charge < -0.3 is 5.32 Å². The van der Waals surface area contributed by atoms with E-state index in [9.17, 15) is 0 Å². The van der Waals surface area contributed by atoms with Gasteiger partial charge in [-0.15, -0.1) is 6.58 Å². The quantitative estimate of drug-likeness (QED) is 0.253. The molecule has 0 amide bonds. The normalized spacial score (nSPS) is 12.3. The number of halogens is 2. The summed E-state index contributed by atoms with van der Waals surface area (Å²) < 4.78 is 2.52. The molecular weight excluding hydrogens is 425 g/mol. The molecule has 1 aromatic carbocycles. The molecule has 20 heavy (non-hydrogen) atoms. The first-order valence-corrected chi connectivity index (χ1v) is 9.35. The lowest BCUT2D eigenvalue weighted by molar-refractivity contribution is 0.470. The molecule has 0 aromatic heterocycles. The molecule has 1 nitrogen and oxygen atoms in total. The van der Waals surface area contributed by atoms with Crippen molar-refractivity contribution in [3.05, 3.63) is 44.5 Å². The van der Waals surface area contributed by atoms with E-state index in [1.54, 1.807) is 0 Å². The van der Waals surface area contributed by atoms with E-state index in [1.807, 2.05) is 6.08 Å². The molecule has 0 aliphatic heterocycles. The van der Waals surface area contributed by atoms with Crippen molar-refractivity contribution in [1.29, 1.82) is 0 Å². The zero-order valence-electron chi connectivity index (χ0n) is 12.3. The standard InChI is InChI=1S/C17H25BrIN/c1-3-5-6-7-8-9-17(20-12-4-2)15-13-14(18)10-11-16(15)19/h3,10-11,13,17,20H,1,4-9,12H2,2H3. The second-order valence-corrected chi connectivity index (χ2v) is 7.18. The summed E-state index contributed by atoms with van der Waals surface area (Å²) in [6, 6.07) is 7.05. The van der Waals surface area contributed by atoms with E-state index in [0.717, 1.165) is 13.0 Å². The largest absolute Gasteiger partial charge is 0.310 e. The number of benzene rings is 1. The molecule has 1 N–H and O–H groups in total. The van der Waals surface area contributed by atoms with Crippen LogP contribution in [0.4, 0.5) is 0 Å². The van der Waals surface area contributed by atoms with Gasteiger partial charge in [0, 0.05) is 14.1 Å². The van der Waals surface area contributed by atoms with Crippen LogP contribution in [0.1, 0.15) is 57.1 Å². The molecular formula is C17H25BrIN. The van der Waals surface area contributed by atoms with Gasteiger partial charge in [-0.3, -0.25) is 0 Å². The van der Waals surface area contributed by atoms with Crippen LogP contribution in [-0.2, 0) is 0 Å². The third kappa shape index (κ3) is 6.72. The van der Waals surface area contributed by atoms with Gasteiger partial charge in [0.15, 0.2) is 0 Å². The first-order valence-electron chi connectivity index (χ1n) is 7.48. The zero-order chi connectivity index (χ0) is 14.8. The highest BCUT2D eigenvalue weighted by molar-refractivity contribution is 14.1. The summed E-state index contributed by atoms with van der Waals surface area (Å²) in [5.74, 6) is 0. The predicted octanol–water partition coefficient (Wildman–Crippen LogP) is 6.23. The second-order valence-electron chi connectivity index (χ2n) is 5.10. The van der Waals surface area contributed by atoms with Crippen molar-refractivity contribution >= 4 is 38.5 Å². The van der Waals surface area contributed by atoms with Gasteiger partial charge >= 0.3 is 0 Å². The summed E-state index contributed by atoms with van der Waals surface area (Å²) in [7, 11) is 0. The summed E-state index contributed by atoms with van der Waals surface area (Å²) in [6.07, 6.45) is 9.38. The molecule has 0 heterocycles. The molecule has 0 fully saturated rings. The van der Waals surface area contributed by atoms with Crippen LogP contribution in [0.2, 0.25) is 0 Å². The Kier molecular flexibility index (Phi) is 9.82. The Morgan fingerprint density at radius 3 is 2.85 bits per heavy atom. The second kappa shape index (κ2) is 10.8. The lowest BCUT2D eigenvalue weighted by atomic mass is 10.00. The molecule has 0 saturated carbocycles. The average Bonchev–Trinajstić information content (AvgIpc) is 2.45. The Labute approximate surface area is 145 Å². The maximum absolute atomic E-state index is 3.78.